The molecule has 0 spiro atoms. The van der Waals surface area contributed by atoms with Crippen molar-refractivity contribution in [2.24, 2.45) is 0 Å². The molecule has 1 fully saturated rings. The third-order valence-electron chi connectivity index (χ3n) is 4.99. The van der Waals surface area contributed by atoms with E-state index in [0.717, 1.165) is 18.8 Å². The van der Waals surface area contributed by atoms with E-state index in [2.05, 4.69) is 59.5 Å². The first-order valence-electron chi connectivity index (χ1n) is 8.79. The highest BCUT2D eigenvalue weighted by molar-refractivity contribution is 7.10. The summed E-state index contributed by atoms with van der Waals surface area (Å²) >= 11 is 1.83. The van der Waals surface area contributed by atoms with E-state index in [4.69, 9.17) is 4.74 Å². The van der Waals surface area contributed by atoms with E-state index in [1.807, 2.05) is 11.3 Å². The first-order chi connectivity index (χ1) is 11.7. The fraction of sp³-hybridized carbons (Fsp3) is 0.500. The van der Waals surface area contributed by atoms with Gasteiger partial charge < -0.3 is 4.74 Å². The molecule has 24 heavy (non-hydrogen) atoms. The molecule has 1 aliphatic heterocycles. The van der Waals surface area contributed by atoms with E-state index in [1.165, 1.54) is 41.9 Å². The molecule has 1 aromatic heterocycles. The number of methoxy groups -OCH3 is 1. The van der Waals surface area contributed by atoms with Gasteiger partial charge in [0.25, 0.3) is 0 Å². The highest BCUT2D eigenvalue weighted by Gasteiger charge is 2.16. The maximum atomic E-state index is 5.58. The van der Waals surface area contributed by atoms with Crippen molar-refractivity contribution in [3.05, 3.63) is 51.7 Å². The molecular formula is C20H28N2OS. The number of likely N-dealkylation sites (tertiary alicyclic amines) is 1. The van der Waals surface area contributed by atoms with E-state index in [-0.39, 0.29) is 0 Å². The number of thiophene rings is 1. The summed E-state index contributed by atoms with van der Waals surface area (Å²) in [7, 11) is 3.97. The quantitative estimate of drug-likeness (QED) is 0.733. The maximum absolute atomic E-state index is 5.58. The number of rotatable bonds is 7. The second kappa shape index (κ2) is 8.15. The van der Waals surface area contributed by atoms with Crippen molar-refractivity contribution in [2.75, 3.05) is 27.2 Å². The topological polar surface area (TPSA) is 15.7 Å². The highest BCUT2D eigenvalue weighted by atomic mass is 32.1. The molecule has 0 N–H and O–H groups in total. The van der Waals surface area contributed by atoms with Crippen LogP contribution in [0.15, 0.2) is 35.7 Å². The van der Waals surface area contributed by atoms with E-state index in [1.54, 1.807) is 7.11 Å². The molecule has 0 amide bonds. The van der Waals surface area contributed by atoms with Crippen LogP contribution in [0.25, 0.3) is 0 Å². The summed E-state index contributed by atoms with van der Waals surface area (Å²) in [6.07, 6.45) is 2.64. The lowest BCUT2D eigenvalue weighted by molar-refractivity contribution is 0.256. The molecule has 0 radical (unpaired) electrons. The Labute approximate surface area is 149 Å². The lowest BCUT2D eigenvalue weighted by Gasteiger charge is -2.25. The predicted octanol–water partition coefficient (Wildman–Crippen LogP) is 4.55. The third kappa shape index (κ3) is 4.18. The summed E-state index contributed by atoms with van der Waals surface area (Å²) in [6.45, 7) is 6.66. The van der Waals surface area contributed by atoms with Gasteiger partial charge in [-0.25, -0.2) is 0 Å². The van der Waals surface area contributed by atoms with E-state index in [0.29, 0.717) is 6.04 Å². The van der Waals surface area contributed by atoms with Gasteiger partial charge in [-0.15, -0.1) is 11.3 Å². The van der Waals surface area contributed by atoms with Crippen LogP contribution in [0.5, 0.6) is 5.75 Å². The normalized spacial score (nSPS) is 16.7. The Morgan fingerprint density at radius 2 is 2.04 bits per heavy atom. The molecular weight excluding hydrogens is 316 g/mol. The zero-order valence-corrected chi connectivity index (χ0v) is 15.8. The van der Waals surface area contributed by atoms with Gasteiger partial charge in [0.2, 0.25) is 0 Å². The zero-order chi connectivity index (χ0) is 16.9. The van der Waals surface area contributed by atoms with Gasteiger partial charge in [0.15, 0.2) is 0 Å². The lowest BCUT2D eigenvalue weighted by Crippen LogP contribution is -2.22. The van der Waals surface area contributed by atoms with E-state index < -0.39 is 0 Å². The second-order valence-corrected chi connectivity index (χ2v) is 7.72. The van der Waals surface area contributed by atoms with Crippen LogP contribution >= 0.6 is 11.3 Å². The standard InChI is InChI=1S/C20H28N2OS/c1-16(20-7-6-12-24-20)21(2)14-17-8-9-19(23-3)18(13-17)15-22-10-4-5-11-22/h6-9,12-13,16H,4-5,10-11,14-15H2,1-3H3. The van der Waals surface area contributed by atoms with Crippen LogP contribution in [0.4, 0.5) is 0 Å². The first-order valence-corrected chi connectivity index (χ1v) is 9.67. The van der Waals surface area contributed by atoms with Crippen LogP contribution in [-0.2, 0) is 13.1 Å². The fourth-order valence-electron chi connectivity index (χ4n) is 3.41. The van der Waals surface area contributed by atoms with E-state index >= 15 is 0 Å². The van der Waals surface area contributed by atoms with Crippen LogP contribution in [-0.4, -0.2) is 37.0 Å². The SMILES string of the molecule is COc1ccc(CN(C)C(C)c2cccs2)cc1CN1CCCC1. The van der Waals surface area contributed by atoms with Gasteiger partial charge in [-0.1, -0.05) is 12.1 Å². The Kier molecular flexibility index (Phi) is 5.93. The molecule has 1 aromatic carbocycles. The average Bonchev–Trinajstić information content (AvgIpc) is 3.28. The van der Waals surface area contributed by atoms with Gasteiger partial charge in [-0.3, -0.25) is 9.80 Å². The lowest BCUT2D eigenvalue weighted by atomic mass is 10.1. The Balaban J connectivity index is 1.70. The summed E-state index contributed by atoms with van der Waals surface area (Å²) in [5.41, 5.74) is 2.67. The molecule has 130 valence electrons. The summed E-state index contributed by atoms with van der Waals surface area (Å²) < 4.78 is 5.58. The molecule has 3 nitrogen and oxygen atoms in total. The van der Waals surface area contributed by atoms with E-state index in [9.17, 15) is 0 Å². The minimum atomic E-state index is 0.439. The average molecular weight is 345 g/mol. The Morgan fingerprint density at radius 3 is 2.71 bits per heavy atom. The molecule has 4 heteroatoms. The predicted molar refractivity (Wildman–Crippen MR) is 102 cm³/mol. The monoisotopic (exact) mass is 344 g/mol. The van der Waals surface area contributed by atoms with Crippen molar-refractivity contribution >= 4 is 11.3 Å². The number of hydrogen-bond acceptors (Lipinski definition) is 4. The maximum Gasteiger partial charge on any atom is 0.123 e. The van der Waals surface area contributed by atoms with Crippen LogP contribution < -0.4 is 4.74 Å². The van der Waals surface area contributed by atoms with Gasteiger partial charge in [0, 0.05) is 29.6 Å². The largest absolute Gasteiger partial charge is 0.496 e. The van der Waals surface area contributed by atoms with Crippen LogP contribution in [0.2, 0.25) is 0 Å². The summed E-state index contributed by atoms with van der Waals surface area (Å²) in [5.74, 6) is 1.01. The van der Waals surface area contributed by atoms with Gasteiger partial charge in [0.1, 0.15) is 5.75 Å². The number of ether oxygens (including phenoxy) is 1. The summed E-state index contributed by atoms with van der Waals surface area (Å²) in [4.78, 5) is 6.36. The summed E-state index contributed by atoms with van der Waals surface area (Å²) in [6, 6.07) is 11.4. The van der Waals surface area contributed by atoms with Crippen LogP contribution in [0, 0.1) is 0 Å². The molecule has 1 saturated heterocycles. The molecule has 1 atom stereocenters. The van der Waals surface area contributed by atoms with Crippen molar-refractivity contribution in [2.45, 2.75) is 38.9 Å². The van der Waals surface area contributed by atoms with Crippen molar-refractivity contribution in [3.8, 4) is 5.75 Å². The second-order valence-electron chi connectivity index (χ2n) is 6.74. The highest BCUT2D eigenvalue weighted by Crippen LogP contribution is 2.27. The molecule has 0 aliphatic carbocycles. The zero-order valence-electron chi connectivity index (χ0n) is 15.0. The summed E-state index contributed by atoms with van der Waals surface area (Å²) in [5, 5.41) is 2.15. The number of benzene rings is 1. The van der Waals surface area contributed by atoms with Crippen molar-refractivity contribution in [1.29, 1.82) is 0 Å². The Hall–Kier alpha value is -1.36. The molecule has 0 bridgehead atoms. The van der Waals surface area contributed by atoms with Crippen LogP contribution in [0.1, 0.15) is 41.8 Å². The van der Waals surface area contributed by atoms with Crippen molar-refractivity contribution in [1.82, 2.24) is 9.80 Å². The third-order valence-corrected chi connectivity index (χ3v) is 6.03. The molecule has 1 aliphatic rings. The minimum Gasteiger partial charge on any atom is -0.496 e. The molecule has 3 rings (SSSR count). The van der Waals surface area contributed by atoms with Gasteiger partial charge in [-0.05, 0) is 69.0 Å². The first kappa shape index (κ1) is 17.5. The number of hydrogen-bond donors (Lipinski definition) is 0. The minimum absolute atomic E-state index is 0.439. The molecule has 1 unspecified atom stereocenters. The molecule has 2 heterocycles. The Morgan fingerprint density at radius 1 is 1.25 bits per heavy atom. The van der Waals surface area contributed by atoms with Gasteiger partial charge in [0.05, 0.1) is 7.11 Å². The Bertz CT molecular complexity index is 635. The fourth-order valence-corrected chi connectivity index (χ4v) is 4.25. The smallest absolute Gasteiger partial charge is 0.123 e. The van der Waals surface area contributed by atoms with Gasteiger partial charge >= 0.3 is 0 Å². The number of nitrogens with zero attached hydrogens (tertiary/aromatic N) is 2. The van der Waals surface area contributed by atoms with Gasteiger partial charge in [-0.2, -0.15) is 0 Å². The van der Waals surface area contributed by atoms with Crippen LogP contribution in [0.3, 0.4) is 0 Å². The molecule has 2 aromatic rings. The van der Waals surface area contributed by atoms with Crippen molar-refractivity contribution < 1.29 is 4.74 Å². The molecule has 0 saturated carbocycles. The van der Waals surface area contributed by atoms with Crippen molar-refractivity contribution in [3.63, 3.8) is 0 Å².